The zero-order valence-corrected chi connectivity index (χ0v) is 15.3. The normalized spacial score (nSPS) is 12.4. The van der Waals surface area contributed by atoms with Gasteiger partial charge in [0, 0.05) is 19.4 Å². The van der Waals surface area contributed by atoms with Crippen molar-refractivity contribution in [2.45, 2.75) is 39.3 Å². The highest BCUT2D eigenvalue weighted by atomic mass is 16.5. The highest BCUT2D eigenvalue weighted by molar-refractivity contribution is 5.97. The second-order valence-corrected chi connectivity index (χ2v) is 5.87. The van der Waals surface area contributed by atoms with E-state index in [2.05, 4.69) is 10.6 Å². The van der Waals surface area contributed by atoms with Gasteiger partial charge in [0.15, 0.2) is 0 Å². The van der Waals surface area contributed by atoms with Crippen molar-refractivity contribution in [3.63, 3.8) is 0 Å². The molecule has 6 heteroatoms. The fraction of sp³-hybridized carbons (Fsp3) is 0.474. The number of benzene rings is 1. The molecular formula is C19H27N3O3. The summed E-state index contributed by atoms with van der Waals surface area (Å²) in [7, 11) is 1.60. The number of carbonyl (C=O) groups is 1. The fourth-order valence-corrected chi connectivity index (χ4v) is 2.07. The predicted octanol–water partition coefficient (Wildman–Crippen LogP) is 2.68. The Morgan fingerprint density at radius 2 is 1.96 bits per heavy atom. The van der Waals surface area contributed by atoms with Gasteiger partial charge in [-0.25, -0.2) is 0 Å². The van der Waals surface area contributed by atoms with E-state index in [1.165, 1.54) is 6.20 Å². The van der Waals surface area contributed by atoms with Crippen LogP contribution in [0.25, 0.3) is 0 Å². The largest absolute Gasteiger partial charge is 0.497 e. The maximum absolute atomic E-state index is 12.2. The van der Waals surface area contributed by atoms with Crippen LogP contribution in [0.2, 0.25) is 0 Å². The van der Waals surface area contributed by atoms with Crippen LogP contribution in [0, 0.1) is 11.3 Å². The first-order valence-electron chi connectivity index (χ1n) is 8.38. The molecule has 0 fully saturated rings. The van der Waals surface area contributed by atoms with E-state index in [0.717, 1.165) is 17.7 Å². The lowest BCUT2D eigenvalue weighted by Gasteiger charge is -2.14. The average molecular weight is 345 g/mol. The van der Waals surface area contributed by atoms with Gasteiger partial charge in [-0.3, -0.25) is 4.79 Å². The molecule has 0 bridgehead atoms. The lowest BCUT2D eigenvalue weighted by atomic mass is 10.1. The number of hydrogen-bond donors (Lipinski definition) is 2. The quantitative estimate of drug-likeness (QED) is 0.387. The molecule has 1 unspecified atom stereocenters. The summed E-state index contributed by atoms with van der Waals surface area (Å²) in [5.74, 6) is 0.349. The molecule has 1 aromatic carbocycles. The van der Waals surface area contributed by atoms with Crippen molar-refractivity contribution in [2.75, 3.05) is 20.3 Å². The van der Waals surface area contributed by atoms with Crippen molar-refractivity contribution in [2.24, 2.45) is 0 Å². The zero-order valence-electron chi connectivity index (χ0n) is 15.3. The molecule has 1 atom stereocenters. The Morgan fingerprint density at radius 3 is 2.52 bits per heavy atom. The molecule has 0 radical (unpaired) electrons. The summed E-state index contributed by atoms with van der Waals surface area (Å²) >= 11 is 0. The number of amides is 1. The van der Waals surface area contributed by atoms with Gasteiger partial charge in [-0.1, -0.05) is 12.1 Å². The summed E-state index contributed by atoms with van der Waals surface area (Å²) in [6.07, 6.45) is 2.46. The molecule has 0 spiro atoms. The van der Waals surface area contributed by atoms with Crippen molar-refractivity contribution >= 4 is 5.91 Å². The number of nitrogens with one attached hydrogen (secondary N) is 2. The summed E-state index contributed by atoms with van der Waals surface area (Å²) in [5.41, 5.74) is 0.982. The summed E-state index contributed by atoms with van der Waals surface area (Å²) in [4.78, 5) is 12.2. The predicted molar refractivity (Wildman–Crippen MR) is 97.0 cm³/mol. The van der Waals surface area contributed by atoms with Crippen LogP contribution >= 0.6 is 0 Å². The van der Waals surface area contributed by atoms with Crippen LogP contribution in [0.5, 0.6) is 5.75 Å². The summed E-state index contributed by atoms with van der Waals surface area (Å²) in [5, 5.41) is 15.0. The smallest absolute Gasteiger partial charge is 0.263 e. The molecule has 0 aliphatic carbocycles. The fourth-order valence-electron chi connectivity index (χ4n) is 2.07. The Balaban J connectivity index is 2.48. The van der Waals surface area contributed by atoms with Gasteiger partial charge in [0.2, 0.25) is 0 Å². The highest BCUT2D eigenvalue weighted by Gasteiger charge is 2.13. The molecule has 1 aromatic rings. The Hall–Kier alpha value is -2.52. The van der Waals surface area contributed by atoms with Crippen LogP contribution in [0.4, 0.5) is 0 Å². The second-order valence-electron chi connectivity index (χ2n) is 5.87. The Bertz CT molecular complexity index is 603. The topological polar surface area (TPSA) is 83.4 Å². The Labute approximate surface area is 149 Å². The first-order chi connectivity index (χ1) is 12.0. The molecule has 1 rings (SSSR count). The first kappa shape index (κ1) is 20.5. The maximum Gasteiger partial charge on any atom is 0.263 e. The van der Waals surface area contributed by atoms with Crippen molar-refractivity contribution in [1.29, 1.82) is 5.26 Å². The third-order valence-electron chi connectivity index (χ3n) is 3.49. The summed E-state index contributed by atoms with van der Waals surface area (Å²) < 4.78 is 10.5. The van der Waals surface area contributed by atoms with Crippen LogP contribution in [0.15, 0.2) is 36.0 Å². The number of carbonyl (C=O) groups excluding carboxylic acids is 1. The number of ether oxygens (including phenoxy) is 2. The number of nitrogens with zero attached hydrogens (tertiary/aromatic N) is 1. The minimum absolute atomic E-state index is 0.0464. The van der Waals surface area contributed by atoms with Gasteiger partial charge in [0.25, 0.3) is 5.91 Å². The second kappa shape index (κ2) is 11.1. The van der Waals surface area contributed by atoms with E-state index >= 15 is 0 Å². The molecule has 6 nitrogen and oxygen atoms in total. The average Bonchev–Trinajstić information content (AvgIpc) is 2.60. The molecule has 0 saturated carbocycles. The lowest BCUT2D eigenvalue weighted by molar-refractivity contribution is -0.117. The molecule has 0 heterocycles. The van der Waals surface area contributed by atoms with Crippen LogP contribution in [-0.2, 0) is 9.53 Å². The van der Waals surface area contributed by atoms with E-state index in [0.29, 0.717) is 13.2 Å². The van der Waals surface area contributed by atoms with Gasteiger partial charge in [0.1, 0.15) is 17.4 Å². The van der Waals surface area contributed by atoms with E-state index in [4.69, 9.17) is 14.7 Å². The standard InChI is InChI=1S/C19H27N3O3/c1-14(2)25-11-5-10-21-13-17(12-20)19(23)22-15(3)16-6-8-18(24-4)9-7-16/h6-9,13-15,21H,5,10-11H2,1-4H3,(H,22,23)/b17-13-. The van der Waals surface area contributed by atoms with Gasteiger partial charge >= 0.3 is 0 Å². The minimum Gasteiger partial charge on any atom is -0.497 e. The monoisotopic (exact) mass is 345 g/mol. The van der Waals surface area contributed by atoms with Gasteiger partial charge in [-0.15, -0.1) is 0 Å². The molecule has 136 valence electrons. The van der Waals surface area contributed by atoms with E-state index in [1.54, 1.807) is 7.11 Å². The third-order valence-corrected chi connectivity index (χ3v) is 3.49. The molecule has 1 amide bonds. The van der Waals surface area contributed by atoms with Crippen molar-refractivity contribution in [3.8, 4) is 11.8 Å². The SMILES string of the molecule is COc1ccc(C(C)NC(=O)/C(C#N)=C\NCCCOC(C)C)cc1. The van der Waals surface area contributed by atoms with Gasteiger partial charge in [-0.05, 0) is 44.9 Å². The van der Waals surface area contributed by atoms with E-state index in [9.17, 15) is 4.79 Å². The summed E-state index contributed by atoms with van der Waals surface area (Å²) in [6, 6.07) is 9.14. The Morgan fingerprint density at radius 1 is 1.28 bits per heavy atom. The number of rotatable bonds is 10. The molecule has 0 saturated heterocycles. The third kappa shape index (κ3) is 7.73. The van der Waals surface area contributed by atoms with Gasteiger partial charge in [0.05, 0.1) is 19.3 Å². The van der Waals surface area contributed by atoms with E-state index in [1.807, 2.05) is 51.1 Å². The molecule has 0 aliphatic heterocycles. The van der Waals surface area contributed by atoms with Crippen LogP contribution in [0.1, 0.15) is 38.8 Å². The van der Waals surface area contributed by atoms with E-state index < -0.39 is 5.91 Å². The lowest BCUT2D eigenvalue weighted by Crippen LogP contribution is -2.28. The van der Waals surface area contributed by atoms with E-state index in [-0.39, 0.29) is 17.7 Å². The molecule has 25 heavy (non-hydrogen) atoms. The van der Waals surface area contributed by atoms with Crippen molar-refractivity contribution in [1.82, 2.24) is 10.6 Å². The van der Waals surface area contributed by atoms with Crippen molar-refractivity contribution < 1.29 is 14.3 Å². The minimum atomic E-state index is -0.406. The number of nitriles is 1. The number of methoxy groups -OCH3 is 1. The molecule has 2 N–H and O–H groups in total. The van der Waals surface area contributed by atoms with Crippen LogP contribution in [-0.4, -0.2) is 32.3 Å². The Kier molecular flexibility index (Phi) is 9.12. The molecule has 0 aromatic heterocycles. The van der Waals surface area contributed by atoms with Crippen LogP contribution < -0.4 is 15.4 Å². The zero-order chi connectivity index (χ0) is 18.7. The van der Waals surface area contributed by atoms with Gasteiger partial charge < -0.3 is 20.1 Å². The highest BCUT2D eigenvalue weighted by Crippen LogP contribution is 2.17. The molecular weight excluding hydrogens is 318 g/mol. The maximum atomic E-state index is 12.2. The first-order valence-corrected chi connectivity index (χ1v) is 8.38. The van der Waals surface area contributed by atoms with Gasteiger partial charge in [-0.2, -0.15) is 5.26 Å². The number of hydrogen-bond acceptors (Lipinski definition) is 5. The van der Waals surface area contributed by atoms with Crippen molar-refractivity contribution in [3.05, 3.63) is 41.6 Å². The van der Waals surface area contributed by atoms with Crippen LogP contribution in [0.3, 0.4) is 0 Å². The summed E-state index contributed by atoms with van der Waals surface area (Å²) in [6.45, 7) is 7.11. The molecule has 0 aliphatic rings.